The predicted molar refractivity (Wildman–Crippen MR) is 51.0 cm³/mol. The Morgan fingerprint density at radius 3 is 2.53 bits per heavy atom. The molecule has 1 aromatic rings. The van der Waals surface area contributed by atoms with E-state index in [4.69, 9.17) is 4.74 Å². The number of aryl methyl sites for hydroxylation is 1. The van der Waals surface area contributed by atoms with Gasteiger partial charge in [0, 0.05) is 14.2 Å². The molecule has 0 aliphatic carbocycles. The minimum atomic E-state index is -4.68. The quantitative estimate of drug-likeness (QED) is 0.585. The van der Waals surface area contributed by atoms with E-state index in [2.05, 4.69) is 9.84 Å². The van der Waals surface area contributed by atoms with Crippen LogP contribution in [0.5, 0.6) is 5.88 Å². The minimum Gasteiger partial charge on any atom is -0.475 e. The van der Waals surface area contributed by atoms with Crippen molar-refractivity contribution in [1.29, 1.82) is 0 Å². The minimum absolute atomic E-state index is 0.0359. The van der Waals surface area contributed by atoms with Gasteiger partial charge in [0.2, 0.25) is 5.88 Å². The van der Waals surface area contributed by atoms with Crippen LogP contribution in [0.1, 0.15) is 16.1 Å². The topological polar surface area (TPSA) is 53.4 Å². The smallest absolute Gasteiger partial charge is 0.436 e. The Hall–Kier alpha value is -1.57. The molecular formula is C9H11F3N2O3. The summed E-state index contributed by atoms with van der Waals surface area (Å²) >= 11 is 0. The molecule has 0 radical (unpaired) electrons. The molecule has 0 amide bonds. The first kappa shape index (κ1) is 13.5. The number of ether oxygens (including phenoxy) is 2. The van der Waals surface area contributed by atoms with Gasteiger partial charge in [-0.1, -0.05) is 0 Å². The van der Waals surface area contributed by atoms with Gasteiger partial charge in [-0.3, -0.25) is 4.79 Å². The van der Waals surface area contributed by atoms with Crippen LogP contribution in [0.25, 0.3) is 0 Å². The van der Waals surface area contributed by atoms with Crippen LogP contribution in [-0.2, 0) is 18.0 Å². The van der Waals surface area contributed by atoms with E-state index < -0.39 is 17.4 Å². The molecule has 0 atom stereocenters. The summed E-state index contributed by atoms with van der Waals surface area (Å²) in [6, 6.07) is 0. The van der Waals surface area contributed by atoms with Crippen LogP contribution in [0, 0.1) is 0 Å². The number of rotatable bonds is 5. The molecule has 0 saturated heterocycles. The molecule has 0 saturated carbocycles. The molecular weight excluding hydrogens is 241 g/mol. The first-order chi connectivity index (χ1) is 7.91. The summed E-state index contributed by atoms with van der Waals surface area (Å²) in [6.07, 6.45) is -4.60. The van der Waals surface area contributed by atoms with Gasteiger partial charge in [0.05, 0.1) is 6.61 Å². The number of aromatic nitrogens is 2. The zero-order valence-corrected chi connectivity index (χ0v) is 9.24. The van der Waals surface area contributed by atoms with Crippen molar-refractivity contribution in [2.45, 2.75) is 6.18 Å². The second-order valence-corrected chi connectivity index (χ2v) is 3.15. The summed E-state index contributed by atoms with van der Waals surface area (Å²) in [6.45, 7) is 0.235. The Morgan fingerprint density at radius 1 is 1.41 bits per heavy atom. The molecule has 5 nitrogen and oxygen atoms in total. The number of aldehydes is 1. The van der Waals surface area contributed by atoms with Crippen LogP contribution < -0.4 is 4.74 Å². The fraction of sp³-hybridized carbons (Fsp3) is 0.556. The van der Waals surface area contributed by atoms with Gasteiger partial charge in [0.1, 0.15) is 12.2 Å². The van der Waals surface area contributed by atoms with Crippen LogP contribution >= 0.6 is 0 Å². The molecule has 1 heterocycles. The SMILES string of the molecule is COCCOc1c(C=O)c(C(F)(F)F)nn1C. The highest BCUT2D eigenvalue weighted by molar-refractivity contribution is 5.80. The van der Waals surface area contributed by atoms with Crippen molar-refractivity contribution in [3.05, 3.63) is 11.3 Å². The summed E-state index contributed by atoms with van der Waals surface area (Å²) in [5.74, 6) is -0.218. The molecule has 1 aromatic heterocycles. The summed E-state index contributed by atoms with van der Waals surface area (Å²) in [7, 11) is 2.69. The third-order valence-corrected chi connectivity index (χ3v) is 1.94. The van der Waals surface area contributed by atoms with Gasteiger partial charge in [-0.25, -0.2) is 4.68 Å². The van der Waals surface area contributed by atoms with E-state index in [1.807, 2.05) is 0 Å². The first-order valence-corrected chi connectivity index (χ1v) is 4.63. The maximum atomic E-state index is 12.5. The lowest BCUT2D eigenvalue weighted by atomic mass is 10.2. The number of methoxy groups -OCH3 is 1. The highest BCUT2D eigenvalue weighted by atomic mass is 19.4. The van der Waals surface area contributed by atoms with Gasteiger partial charge >= 0.3 is 6.18 Å². The summed E-state index contributed by atoms with van der Waals surface area (Å²) in [5, 5.41) is 3.23. The lowest BCUT2D eigenvalue weighted by Gasteiger charge is -2.06. The van der Waals surface area contributed by atoms with E-state index in [1.165, 1.54) is 14.2 Å². The maximum Gasteiger partial charge on any atom is 0.436 e. The molecule has 96 valence electrons. The summed E-state index contributed by atoms with van der Waals surface area (Å²) < 4.78 is 48.1. The fourth-order valence-corrected chi connectivity index (χ4v) is 1.23. The first-order valence-electron chi connectivity index (χ1n) is 4.63. The molecule has 0 fully saturated rings. The standard InChI is InChI=1S/C9H11F3N2O3/c1-14-8(17-4-3-16-2)6(5-15)7(13-14)9(10,11)12/h5H,3-4H2,1-2H3. The Kier molecular flexibility index (Phi) is 4.11. The third-order valence-electron chi connectivity index (χ3n) is 1.94. The fourth-order valence-electron chi connectivity index (χ4n) is 1.23. The van der Waals surface area contributed by atoms with Crippen LogP contribution in [-0.4, -0.2) is 36.4 Å². The van der Waals surface area contributed by atoms with Crippen molar-refractivity contribution in [2.75, 3.05) is 20.3 Å². The molecule has 8 heteroatoms. The van der Waals surface area contributed by atoms with Crippen molar-refractivity contribution in [2.24, 2.45) is 7.05 Å². The largest absolute Gasteiger partial charge is 0.475 e. The second-order valence-electron chi connectivity index (χ2n) is 3.15. The van der Waals surface area contributed by atoms with Crippen molar-refractivity contribution in [3.63, 3.8) is 0 Å². The van der Waals surface area contributed by atoms with E-state index >= 15 is 0 Å². The molecule has 0 spiro atoms. The summed E-state index contributed by atoms with van der Waals surface area (Å²) in [5.41, 5.74) is -1.85. The van der Waals surface area contributed by atoms with E-state index in [-0.39, 0.29) is 25.4 Å². The average Bonchev–Trinajstić information content (AvgIpc) is 2.56. The van der Waals surface area contributed by atoms with Crippen molar-refractivity contribution in [1.82, 2.24) is 9.78 Å². The van der Waals surface area contributed by atoms with Crippen molar-refractivity contribution < 1.29 is 27.4 Å². The number of halogens is 3. The molecule has 0 bridgehead atoms. The lowest BCUT2D eigenvalue weighted by molar-refractivity contribution is -0.141. The molecule has 0 aromatic carbocycles. The number of hydrogen-bond donors (Lipinski definition) is 0. The van der Waals surface area contributed by atoms with Crippen LogP contribution in [0.2, 0.25) is 0 Å². The normalized spacial score (nSPS) is 11.6. The molecule has 0 unspecified atom stereocenters. The molecule has 0 N–H and O–H groups in total. The zero-order valence-electron chi connectivity index (χ0n) is 9.24. The van der Waals surface area contributed by atoms with Crippen LogP contribution in [0.15, 0.2) is 0 Å². The summed E-state index contributed by atoms with van der Waals surface area (Å²) in [4.78, 5) is 10.7. The number of carbonyl (C=O) groups is 1. The van der Waals surface area contributed by atoms with E-state index in [0.29, 0.717) is 0 Å². The van der Waals surface area contributed by atoms with Gasteiger partial charge in [-0.2, -0.15) is 18.3 Å². The number of nitrogens with zero attached hydrogens (tertiary/aromatic N) is 2. The lowest BCUT2D eigenvalue weighted by Crippen LogP contribution is -2.09. The van der Waals surface area contributed by atoms with E-state index in [9.17, 15) is 18.0 Å². The zero-order chi connectivity index (χ0) is 13.1. The van der Waals surface area contributed by atoms with E-state index in [1.54, 1.807) is 0 Å². The van der Waals surface area contributed by atoms with Gasteiger partial charge in [0.15, 0.2) is 12.0 Å². The maximum absolute atomic E-state index is 12.5. The Labute approximate surface area is 95.1 Å². The van der Waals surface area contributed by atoms with E-state index in [0.717, 1.165) is 4.68 Å². The van der Waals surface area contributed by atoms with Crippen LogP contribution in [0.3, 0.4) is 0 Å². The van der Waals surface area contributed by atoms with Gasteiger partial charge < -0.3 is 9.47 Å². The molecule has 17 heavy (non-hydrogen) atoms. The number of alkyl halides is 3. The Bertz CT molecular complexity index is 401. The number of carbonyl (C=O) groups excluding carboxylic acids is 1. The van der Waals surface area contributed by atoms with Crippen molar-refractivity contribution in [3.8, 4) is 5.88 Å². The predicted octanol–water partition coefficient (Wildman–Crippen LogP) is 1.28. The number of hydrogen-bond acceptors (Lipinski definition) is 4. The molecule has 0 aliphatic rings. The molecule has 1 rings (SSSR count). The molecule has 0 aliphatic heterocycles. The average molecular weight is 252 g/mol. The second kappa shape index (κ2) is 5.17. The van der Waals surface area contributed by atoms with Crippen LogP contribution in [0.4, 0.5) is 13.2 Å². The monoisotopic (exact) mass is 252 g/mol. The third kappa shape index (κ3) is 2.96. The Morgan fingerprint density at radius 2 is 2.06 bits per heavy atom. The Balaban J connectivity index is 3.04. The van der Waals surface area contributed by atoms with Crippen molar-refractivity contribution >= 4 is 6.29 Å². The highest BCUT2D eigenvalue weighted by Gasteiger charge is 2.39. The van der Waals surface area contributed by atoms with Gasteiger partial charge in [0.25, 0.3) is 0 Å². The van der Waals surface area contributed by atoms with Gasteiger partial charge in [-0.05, 0) is 0 Å². The van der Waals surface area contributed by atoms with Gasteiger partial charge in [-0.15, -0.1) is 0 Å². The highest BCUT2D eigenvalue weighted by Crippen LogP contribution is 2.34.